The number of rotatable bonds is 7. The fourth-order valence-electron chi connectivity index (χ4n) is 3.55. The number of aliphatic hydroxyl groups excluding tert-OH is 1. The Labute approximate surface area is 191 Å². The van der Waals surface area contributed by atoms with Gasteiger partial charge in [0.05, 0.1) is 20.3 Å². The highest BCUT2D eigenvalue weighted by Gasteiger charge is 2.31. The number of ketones is 1. The van der Waals surface area contributed by atoms with Crippen molar-refractivity contribution in [3.05, 3.63) is 83.9 Å². The summed E-state index contributed by atoms with van der Waals surface area (Å²) >= 11 is 0. The quantitative estimate of drug-likeness (QED) is 0.416. The van der Waals surface area contributed by atoms with Gasteiger partial charge in [-0.15, -0.1) is 0 Å². The first-order valence-corrected chi connectivity index (χ1v) is 10.4. The molecule has 1 heterocycles. The van der Waals surface area contributed by atoms with E-state index in [2.05, 4.69) is 0 Å². The number of phenols is 1. The summed E-state index contributed by atoms with van der Waals surface area (Å²) in [6.45, 7) is 0.111. The highest BCUT2D eigenvalue weighted by atomic mass is 16.6. The topological polar surface area (TPSA) is 96.3 Å². The normalized spacial score (nSPS) is 15.6. The second-order valence-corrected chi connectivity index (χ2v) is 7.55. The number of cyclic esters (lactones) is 1. The first-order chi connectivity index (χ1) is 16.0. The van der Waals surface area contributed by atoms with Gasteiger partial charge < -0.3 is 19.7 Å². The predicted octanol–water partition coefficient (Wildman–Crippen LogP) is 4.28. The van der Waals surface area contributed by atoms with Crippen molar-refractivity contribution >= 4 is 23.6 Å². The van der Waals surface area contributed by atoms with Gasteiger partial charge in [-0.05, 0) is 47.0 Å². The van der Waals surface area contributed by atoms with Gasteiger partial charge in [0.1, 0.15) is 6.10 Å². The van der Waals surface area contributed by atoms with Crippen molar-refractivity contribution in [2.24, 2.45) is 0 Å². The third-order valence-corrected chi connectivity index (χ3v) is 5.39. The summed E-state index contributed by atoms with van der Waals surface area (Å²) in [6, 6.07) is 19.5. The molecule has 7 heteroatoms. The lowest BCUT2D eigenvalue weighted by Crippen LogP contribution is -2.25. The highest BCUT2D eigenvalue weighted by Crippen LogP contribution is 2.28. The van der Waals surface area contributed by atoms with E-state index in [1.165, 1.54) is 24.2 Å². The van der Waals surface area contributed by atoms with Crippen molar-refractivity contribution in [3.8, 4) is 22.6 Å². The minimum Gasteiger partial charge on any atom is -0.504 e. The Kier molecular flexibility index (Phi) is 6.42. The van der Waals surface area contributed by atoms with Gasteiger partial charge >= 0.3 is 6.09 Å². The monoisotopic (exact) mass is 445 g/mol. The molecular formula is C26H23NO6. The van der Waals surface area contributed by atoms with E-state index < -0.39 is 12.2 Å². The Balaban J connectivity index is 1.43. The SMILES string of the molecule is COc1cc(/C=C/C(=O)c2ccc(-c3ccc(N4C[C@H](CO)OC4=O)cc3)cc2)ccc1O. The number of benzene rings is 3. The Morgan fingerprint density at radius 1 is 1.09 bits per heavy atom. The van der Waals surface area contributed by atoms with Gasteiger partial charge in [-0.2, -0.15) is 0 Å². The smallest absolute Gasteiger partial charge is 0.414 e. The van der Waals surface area contributed by atoms with E-state index in [0.717, 1.165) is 16.7 Å². The lowest BCUT2D eigenvalue weighted by atomic mass is 10.0. The van der Waals surface area contributed by atoms with E-state index in [1.807, 2.05) is 36.4 Å². The Bertz CT molecular complexity index is 1180. The van der Waals surface area contributed by atoms with Crippen LogP contribution in [0.2, 0.25) is 0 Å². The predicted molar refractivity (Wildman–Crippen MR) is 125 cm³/mol. The van der Waals surface area contributed by atoms with Gasteiger partial charge in [-0.1, -0.05) is 48.5 Å². The summed E-state index contributed by atoms with van der Waals surface area (Å²) in [5.41, 5.74) is 3.86. The summed E-state index contributed by atoms with van der Waals surface area (Å²) in [5.74, 6) is 0.240. The van der Waals surface area contributed by atoms with Crippen LogP contribution >= 0.6 is 0 Å². The van der Waals surface area contributed by atoms with Crippen LogP contribution in [-0.4, -0.2) is 48.5 Å². The number of methoxy groups -OCH3 is 1. The zero-order valence-electron chi connectivity index (χ0n) is 18.0. The van der Waals surface area contributed by atoms with Crippen LogP contribution < -0.4 is 9.64 Å². The van der Waals surface area contributed by atoms with Crippen LogP contribution in [0.4, 0.5) is 10.5 Å². The number of allylic oxidation sites excluding steroid dienone is 1. The molecular weight excluding hydrogens is 422 g/mol. The average molecular weight is 445 g/mol. The molecule has 168 valence electrons. The molecule has 33 heavy (non-hydrogen) atoms. The van der Waals surface area contributed by atoms with Crippen LogP contribution in [0.15, 0.2) is 72.8 Å². The number of carbonyl (C=O) groups excluding carboxylic acids is 2. The van der Waals surface area contributed by atoms with Crippen molar-refractivity contribution in [2.75, 3.05) is 25.2 Å². The number of anilines is 1. The Morgan fingerprint density at radius 3 is 2.36 bits per heavy atom. The molecule has 1 fully saturated rings. The number of aromatic hydroxyl groups is 1. The van der Waals surface area contributed by atoms with Crippen LogP contribution in [0.1, 0.15) is 15.9 Å². The molecule has 0 saturated carbocycles. The van der Waals surface area contributed by atoms with Gasteiger partial charge in [0.2, 0.25) is 0 Å². The minimum absolute atomic E-state index is 0.0410. The van der Waals surface area contributed by atoms with Crippen molar-refractivity contribution in [3.63, 3.8) is 0 Å². The molecule has 4 rings (SSSR count). The summed E-state index contributed by atoms with van der Waals surface area (Å²) in [5, 5.41) is 18.8. The van der Waals surface area contributed by atoms with Crippen molar-refractivity contribution < 1.29 is 29.3 Å². The number of aliphatic hydroxyl groups is 1. The zero-order valence-corrected chi connectivity index (χ0v) is 18.0. The first-order valence-electron chi connectivity index (χ1n) is 10.4. The van der Waals surface area contributed by atoms with Gasteiger partial charge in [-0.3, -0.25) is 9.69 Å². The molecule has 0 unspecified atom stereocenters. The average Bonchev–Trinajstić information content (AvgIpc) is 3.24. The molecule has 0 aliphatic carbocycles. The number of hydrogen-bond donors (Lipinski definition) is 2. The van der Waals surface area contributed by atoms with Crippen molar-refractivity contribution in [2.45, 2.75) is 6.10 Å². The van der Waals surface area contributed by atoms with Crippen molar-refractivity contribution in [1.29, 1.82) is 0 Å². The largest absolute Gasteiger partial charge is 0.504 e. The lowest BCUT2D eigenvalue weighted by Gasteiger charge is -2.13. The number of hydrogen-bond acceptors (Lipinski definition) is 6. The third kappa shape index (κ3) is 4.88. The van der Waals surface area contributed by atoms with Crippen LogP contribution in [-0.2, 0) is 4.74 Å². The fourth-order valence-corrected chi connectivity index (χ4v) is 3.55. The summed E-state index contributed by atoms with van der Waals surface area (Å²) < 4.78 is 10.2. The molecule has 0 bridgehead atoms. The molecule has 0 aromatic heterocycles. The highest BCUT2D eigenvalue weighted by molar-refractivity contribution is 6.07. The van der Waals surface area contributed by atoms with Crippen LogP contribution in [0, 0.1) is 0 Å². The number of carbonyl (C=O) groups is 2. The zero-order chi connectivity index (χ0) is 23.4. The van der Waals surface area contributed by atoms with Crippen LogP contribution in [0.25, 0.3) is 17.2 Å². The summed E-state index contributed by atoms with van der Waals surface area (Å²) in [4.78, 5) is 25.9. The molecule has 2 N–H and O–H groups in total. The molecule has 3 aromatic rings. The molecule has 1 aliphatic heterocycles. The maximum absolute atomic E-state index is 12.5. The summed E-state index contributed by atoms with van der Waals surface area (Å²) in [6.07, 6.45) is 2.17. The molecule has 1 saturated heterocycles. The Hall–Kier alpha value is -4.10. The van der Waals surface area contributed by atoms with Crippen LogP contribution in [0.3, 0.4) is 0 Å². The maximum Gasteiger partial charge on any atom is 0.414 e. The van der Waals surface area contributed by atoms with E-state index in [-0.39, 0.29) is 18.1 Å². The first kappa shape index (κ1) is 22.1. The fraction of sp³-hybridized carbons (Fsp3) is 0.154. The van der Waals surface area contributed by atoms with E-state index in [9.17, 15) is 19.8 Å². The van der Waals surface area contributed by atoms with Gasteiger partial charge in [0.25, 0.3) is 0 Å². The van der Waals surface area contributed by atoms with Gasteiger partial charge in [0, 0.05) is 11.3 Å². The molecule has 0 radical (unpaired) electrons. The van der Waals surface area contributed by atoms with E-state index in [0.29, 0.717) is 23.5 Å². The number of amides is 1. The standard InChI is InChI=1S/C26H23NO6/c1-32-25-14-17(3-13-24(25)30)2-12-23(29)20-6-4-18(5-7-20)19-8-10-21(11-9-19)27-15-22(16-28)33-26(27)31/h2-14,22,28,30H,15-16H2,1H3/b12-2+/t22-/m1/s1. The second-order valence-electron chi connectivity index (χ2n) is 7.55. The minimum atomic E-state index is -0.507. The molecule has 3 aromatic carbocycles. The molecule has 1 atom stereocenters. The maximum atomic E-state index is 12.5. The Morgan fingerprint density at radius 2 is 1.76 bits per heavy atom. The van der Waals surface area contributed by atoms with Crippen molar-refractivity contribution in [1.82, 2.24) is 0 Å². The number of ether oxygens (including phenoxy) is 2. The molecule has 1 aliphatic rings. The van der Waals surface area contributed by atoms with Gasteiger partial charge in [-0.25, -0.2) is 4.79 Å². The van der Waals surface area contributed by atoms with Gasteiger partial charge in [0.15, 0.2) is 17.3 Å². The molecule has 0 spiro atoms. The number of nitrogens with zero attached hydrogens (tertiary/aromatic N) is 1. The van der Waals surface area contributed by atoms with E-state index in [1.54, 1.807) is 30.3 Å². The van der Waals surface area contributed by atoms with E-state index in [4.69, 9.17) is 9.47 Å². The lowest BCUT2D eigenvalue weighted by molar-refractivity contribution is 0.0963. The van der Waals surface area contributed by atoms with E-state index >= 15 is 0 Å². The summed E-state index contributed by atoms with van der Waals surface area (Å²) in [7, 11) is 1.47. The third-order valence-electron chi connectivity index (χ3n) is 5.39. The molecule has 1 amide bonds. The molecule has 7 nitrogen and oxygen atoms in total. The number of phenolic OH excluding ortho intramolecular Hbond substituents is 1. The van der Waals surface area contributed by atoms with Crippen LogP contribution in [0.5, 0.6) is 11.5 Å². The second kappa shape index (κ2) is 9.58.